The number of ether oxygens (including phenoxy) is 1. The molecule has 2 aromatic heterocycles. The fourth-order valence-electron chi connectivity index (χ4n) is 3.10. The maximum atomic E-state index is 13.3. The largest absolute Gasteiger partial charge is 0.449 e. The van der Waals surface area contributed by atoms with Gasteiger partial charge in [0.05, 0.1) is 18.2 Å². The molecule has 0 aliphatic heterocycles. The average Bonchev–Trinajstić information content (AvgIpc) is 3.30. The van der Waals surface area contributed by atoms with E-state index in [1.807, 2.05) is 24.3 Å². The maximum absolute atomic E-state index is 13.3. The highest BCUT2D eigenvalue weighted by Crippen LogP contribution is 2.25. The fraction of sp³-hybridized carbons (Fsp3) is 0.174. The van der Waals surface area contributed by atoms with Gasteiger partial charge in [-0.1, -0.05) is 37.1 Å². The lowest BCUT2D eigenvalue weighted by atomic mass is 10.1. The number of hydrogen-bond acceptors (Lipinski definition) is 4. The van der Waals surface area contributed by atoms with Crippen molar-refractivity contribution in [1.82, 2.24) is 19.3 Å². The van der Waals surface area contributed by atoms with Gasteiger partial charge in [0.1, 0.15) is 11.4 Å². The molecule has 0 N–H and O–H groups in total. The van der Waals surface area contributed by atoms with Crippen LogP contribution >= 0.6 is 11.6 Å². The van der Waals surface area contributed by atoms with Gasteiger partial charge in [-0.05, 0) is 54.8 Å². The summed E-state index contributed by atoms with van der Waals surface area (Å²) in [5, 5.41) is 4.90. The number of nitrogens with zero attached hydrogens (tertiary/aromatic N) is 4. The van der Waals surface area contributed by atoms with Crippen LogP contribution in [0.2, 0.25) is 5.02 Å². The second-order valence-corrected chi connectivity index (χ2v) is 7.31. The van der Waals surface area contributed by atoms with Crippen LogP contribution in [0.1, 0.15) is 25.3 Å². The minimum atomic E-state index is -0.376. The molecule has 0 saturated heterocycles. The highest BCUT2D eigenvalue weighted by Gasteiger charge is 2.16. The Kier molecular flexibility index (Phi) is 5.95. The minimum Gasteiger partial charge on any atom is -0.449 e. The van der Waals surface area contributed by atoms with Crippen molar-refractivity contribution in [2.24, 2.45) is 0 Å². The molecule has 2 aromatic carbocycles. The van der Waals surface area contributed by atoms with E-state index in [0.29, 0.717) is 22.1 Å². The predicted octanol–water partition coefficient (Wildman–Crippen LogP) is 5.21. The molecule has 0 aliphatic rings. The van der Waals surface area contributed by atoms with E-state index in [1.54, 1.807) is 53.8 Å². The molecule has 0 radical (unpaired) electrons. The van der Waals surface area contributed by atoms with E-state index in [1.165, 1.54) is 10.2 Å². The lowest BCUT2D eigenvalue weighted by Crippen LogP contribution is -2.23. The zero-order valence-electron chi connectivity index (χ0n) is 16.5. The third kappa shape index (κ3) is 4.28. The molecule has 4 aromatic rings. The summed E-state index contributed by atoms with van der Waals surface area (Å²) in [6.45, 7) is 2.17. The van der Waals surface area contributed by atoms with Crippen molar-refractivity contribution >= 4 is 11.6 Å². The zero-order chi connectivity index (χ0) is 20.9. The van der Waals surface area contributed by atoms with Crippen LogP contribution in [0.3, 0.4) is 0 Å². The normalized spacial score (nSPS) is 10.9. The van der Waals surface area contributed by atoms with E-state index >= 15 is 0 Å². The molecule has 4 rings (SSSR count). The second-order valence-electron chi connectivity index (χ2n) is 6.87. The first kappa shape index (κ1) is 19.9. The summed E-state index contributed by atoms with van der Waals surface area (Å²) in [7, 11) is 0. The van der Waals surface area contributed by atoms with E-state index < -0.39 is 0 Å². The predicted molar refractivity (Wildman–Crippen MR) is 117 cm³/mol. The number of benzene rings is 2. The van der Waals surface area contributed by atoms with Gasteiger partial charge in [0, 0.05) is 17.4 Å². The molecule has 2 heterocycles. The van der Waals surface area contributed by atoms with E-state index in [4.69, 9.17) is 16.3 Å². The quantitative estimate of drug-likeness (QED) is 0.412. The summed E-state index contributed by atoms with van der Waals surface area (Å²) in [6, 6.07) is 14.7. The van der Waals surface area contributed by atoms with E-state index in [9.17, 15) is 4.79 Å². The first-order chi connectivity index (χ1) is 14.7. The van der Waals surface area contributed by atoms with Crippen molar-refractivity contribution < 1.29 is 4.74 Å². The van der Waals surface area contributed by atoms with Gasteiger partial charge in [0.2, 0.25) is 5.75 Å². The number of halogens is 1. The summed E-state index contributed by atoms with van der Waals surface area (Å²) in [5.74, 6) is 0.752. The molecule has 7 heteroatoms. The molecule has 0 unspecified atom stereocenters. The van der Waals surface area contributed by atoms with Crippen LogP contribution in [0.4, 0.5) is 0 Å². The van der Waals surface area contributed by atoms with Gasteiger partial charge in [0.15, 0.2) is 0 Å². The number of imidazole rings is 1. The van der Waals surface area contributed by atoms with E-state index in [-0.39, 0.29) is 11.3 Å². The van der Waals surface area contributed by atoms with Crippen LogP contribution in [-0.4, -0.2) is 19.3 Å². The summed E-state index contributed by atoms with van der Waals surface area (Å²) in [6.07, 6.45) is 9.87. The van der Waals surface area contributed by atoms with Gasteiger partial charge < -0.3 is 9.30 Å². The van der Waals surface area contributed by atoms with Crippen LogP contribution < -0.4 is 10.3 Å². The van der Waals surface area contributed by atoms with Crippen LogP contribution in [0.5, 0.6) is 11.5 Å². The third-order valence-electron chi connectivity index (χ3n) is 4.73. The number of aromatic nitrogens is 4. The van der Waals surface area contributed by atoms with Crippen LogP contribution in [-0.2, 0) is 6.42 Å². The first-order valence-electron chi connectivity index (χ1n) is 9.79. The van der Waals surface area contributed by atoms with Crippen LogP contribution in [0, 0.1) is 0 Å². The Morgan fingerprint density at radius 1 is 1.07 bits per heavy atom. The van der Waals surface area contributed by atoms with Crippen LogP contribution in [0.25, 0.3) is 11.4 Å². The smallest absolute Gasteiger partial charge is 0.316 e. The molecule has 0 aliphatic carbocycles. The monoisotopic (exact) mass is 420 g/mol. The Morgan fingerprint density at radius 2 is 1.83 bits per heavy atom. The molecule has 30 heavy (non-hydrogen) atoms. The number of unbranched alkanes of at least 4 members (excludes halogenated alkanes) is 1. The molecule has 152 valence electrons. The maximum Gasteiger partial charge on any atom is 0.316 e. The molecular weight excluding hydrogens is 400 g/mol. The Morgan fingerprint density at radius 3 is 2.50 bits per heavy atom. The first-order valence-corrected chi connectivity index (χ1v) is 10.2. The van der Waals surface area contributed by atoms with E-state index in [2.05, 4.69) is 17.0 Å². The van der Waals surface area contributed by atoms with Gasteiger partial charge in [-0.25, -0.2) is 4.98 Å². The van der Waals surface area contributed by atoms with E-state index in [0.717, 1.165) is 19.3 Å². The number of hydrogen-bond donors (Lipinski definition) is 0. The highest BCUT2D eigenvalue weighted by atomic mass is 35.5. The van der Waals surface area contributed by atoms with Gasteiger partial charge in [-0.2, -0.15) is 9.78 Å². The van der Waals surface area contributed by atoms with Gasteiger partial charge >= 0.3 is 5.56 Å². The summed E-state index contributed by atoms with van der Waals surface area (Å²) < 4.78 is 9.05. The van der Waals surface area contributed by atoms with Crippen molar-refractivity contribution in [2.75, 3.05) is 0 Å². The third-order valence-corrected chi connectivity index (χ3v) is 4.98. The number of aryl methyl sites for hydroxylation is 1. The Hall–Kier alpha value is -3.38. The summed E-state index contributed by atoms with van der Waals surface area (Å²) in [4.78, 5) is 17.4. The molecule has 0 bridgehead atoms. The molecule has 0 saturated carbocycles. The molecule has 6 nitrogen and oxygen atoms in total. The fourth-order valence-corrected chi connectivity index (χ4v) is 3.23. The van der Waals surface area contributed by atoms with Crippen molar-refractivity contribution in [2.45, 2.75) is 26.2 Å². The molecule has 0 amide bonds. The van der Waals surface area contributed by atoms with Crippen molar-refractivity contribution in [3.8, 4) is 22.9 Å². The number of rotatable bonds is 7. The van der Waals surface area contributed by atoms with Gasteiger partial charge in [0.25, 0.3) is 0 Å². The Labute approximate surface area is 179 Å². The Balaban J connectivity index is 1.74. The standard InChI is InChI=1S/C23H21ClN4O2/c1-2-3-4-17-5-11-20(12-6-17)30-22-21(27-14-13-25-16-27)15-26-28(23(22)29)19-9-7-18(24)8-10-19/h5-16H,2-4H2,1H3. The SMILES string of the molecule is CCCCc1ccc(Oc2c(-n3ccnc3)cnn(-c3ccc(Cl)cc3)c2=O)cc1. The topological polar surface area (TPSA) is 61.9 Å². The highest BCUT2D eigenvalue weighted by molar-refractivity contribution is 6.30. The van der Waals surface area contributed by atoms with Gasteiger partial charge in [-0.15, -0.1) is 0 Å². The molecule has 0 fully saturated rings. The molecule has 0 spiro atoms. The van der Waals surface area contributed by atoms with Crippen molar-refractivity contribution in [1.29, 1.82) is 0 Å². The minimum absolute atomic E-state index is 0.166. The molecular formula is C23H21ClN4O2. The summed E-state index contributed by atoms with van der Waals surface area (Å²) in [5.41, 5.74) is 1.98. The van der Waals surface area contributed by atoms with Crippen molar-refractivity contribution in [3.05, 3.63) is 94.4 Å². The Bertz CT molecular complexity index is 1170. The average molecular weight is 421 g/mol. The molecule has 0 atom stereocenters. The lowest BCUT2D eigenvalue weighted by molar-refractivity contribution is 0.464. The summed E-state index contributed by atoms with van der Waals surface area (Å²) >= 11 is 5.97. The van der Waals surface area contributed by atoms with Crippen LogP contribution in [0.15, 0.2) is 78.2 Å². The lowest BCUT2D eigenvalue weighted by Gasteiger charge is -2.13. The zero-order valence-corrected chi connectivity index (χ0v) is 17.3. The van der Waals surface area contributed by atoms with Crippen molar-refractivity contribution in [3.63, 3.8) is 0 Å². The second kappa shape index (κ2) is 8.97. The van der Waals surface area contributed by atoms with Gasteiger partial charge in [-0.3, -0.25) is 4.79 Å².